The molecule has 3 aromatic rings. The van der Waals surface area contributed by atoms with Crippen LogP contribution in [0.1, 0.15) is 48.9 Å². The molecule has 1 fully saturated rings. The third kappa shape index (κ3) is 4.41. The Labute approximate surface area is 202 Å². The molecule has 0 radical (unpaired) electrons. The van der Waals surface area contributed by atoms with Crippen molar-refractivity contribution in [2.75, 3.05) is 6.54 Å². The third-order valence-corrected chi connectivity index (χ3v) is 7.60. The number of carboxylic acid groups (broad SMARTS) is 1. The van der Waals surface area contributed by atoms with Gasteiger partial charge >= 0.3 is 5.97 Å². The summed E-state index contributed by atoms with van der Waals surface area (Å²) in [6.07, 6.45) is 5.76. The highest BCUT2D eigenvalue weighted by Crippen LogP contribution is 2.34. The van der Waals surface area contributed by atoms with E-state index in [9.17, 15) is 19.1 Å². The lowest BCUT2D eigenvalue weighted by atomic mass is 9.80. The van der Waals surface area contributed by atoms with E-state index in [2.05, 4.69) is 4.98 Å². The monoisotopic (exact) mass is 483 g/mol. The van der Waals surface area contributed by atoms with Gasteiger partial charge in [-0.15, -0.1) is 0 Å². The van der Waals surface area contributed by atoms with Gasteiger partial charge in [0.1, 0.15) is 11.5 Å². The Balaban J connectivity index is 1.37. The molecule has 8 heteroatoms. The van der Waals surface area contributed by atoms with Gasteiger partial charge in [0.25, 0.3) is 0 Å². The Morgan fingerprint density at radius 2 is 1.97 bits per heavy atom. The molecular formula is C26H27ClFN3O3. The molecule has 1 amide bonds. The maximum atomic E-state index is 14.6. The van der Waals surface area contributed by atoms with Gasteiger partial charge < -0.3 is 14.6 Å². The van der Waals surface area contributed by atoms with Gasteiger partial charge in [-0.25, -0.2) is 9.37 Å². The number of hydrogen-bond acceptors (Lipinski definition) is 3. The predicted octanol–water partition coefficient (Wildman–Crippen LogP) is 5.04. The SMILES string of the molecule is O=C(C[C@H]1CC[C@H](C(=O)O)CC1)N1CCc2c(n(Cc3ccc(Cl)cc3F)c3ncccc23)C1. The highest BCUT2D eigenvalue weighted by molar-refractivity contribution is 6.30. The van der Waals surface area contributed by atoms with Crippen molar-refractivity contribution in [2.24, 2.45) is 11.8 Å². The lowest BCUT2D eigenvalue weighted by molar-refractivity contribution is -0.143. The summed E-state index contributed by atoms with van der Waals surface area (Å²) >= 11 is 5.93. The highest BCUT2D eigenvalue weighted by atomic mass is 35.5. The molecule has 1 aliphatic heterocycles. The van der Waals surface area contributed by atoms with Crippen molar-refractivity contribution in [3.8, 4) is 0 Å². The molecule has 1 N–H and O–H groups in total. The van der Waals surface area contributed by atoms with Gasteiger partial charge in [-0.1, -0.05) is 17.7 Å². The minimum absolute atomic E-state index is 0.104. The summed E-state index contributed by atoms with van der Waals surface area (Å²) in [6.45, 7) is 1.41. The van der Waals surface area contributed by atoms with E-state index in [1.807, 2.05) is 21.6 Å². The lowest BCUT2D eigenvalue weighted by Crippen LogP contribution is -2.38. The van der Waals surface area contributed by atoms with Gasteiger partial charge in [-0.3, -0.25) is 9.59 Å². The summed E-state index contributed by atoms with van der Waals surface area (Å²) in [6, 6.07) is 8.63. The number of fused-ring (bicyclic) bond motifs is 3. The summed E-state index contributed by atoms with van der Waals surface area (Å²) in [7, 11) is 0. The normalized spacial score (nSPS) is 20.4. The number of hydrogen-bond donors (Lipinski definition) is 1. The zero-order valence-corrected chi connectivity index (χ0v) is 19.6. The second kappa shape index (κ2) is 9.37. The van der Waals surface area contributed by atoms with Crippen LogP contribution in [0.25, 0.3) is 11.0 Å². The predicted molar refractivity (Wildman–Crippen MR) is 127 cm³/mol. The zero-order chi connectivity index (χ0) is 23.8. The Morgan fingerprint density at radius 3 is 2.71 bits per heavy atom. The molecule has 6 nitrogen and oxygen atoms in total. The second-order valence-corrected chi connectivity index (χ2v) is 9.88. The van der Waals surface area contributed by atoms with E-state index < -0.39 is 5.97 Å². The molecule has 1 saturated carbocycles. The van der Waals surface area contributed by atoms with Crippen LogP contribution in [0.5, 0.6) is 0 Å². The van der Waals surface area contributed by atoms with Crippen LogP contribution in [0, 0.1) is 17.7 Å². The molecule has 2 aromatic heterocycles. The molecule has 2 aliphatic rings. The minimum atomic E-state index is -0.730. The van der Waals surface area contributed by atoms with Crippen LogP contribution in [0.15, 0.2) is 36.5 Å². The van der Waals surface area contributed by atoms with Crippen molar-refractivity contribution in [1.82, 2.24) is 14.5 Å². The molecular weight excluding hydrogens is 457 g/mol. The molecule has 178 valence electrons. The van der Waals surface area contributed by atoms with Crippen LogP contribution >= 0.6 is 11.6 Å². The van der Waals surface area contributed by atoms with Crippen LogP contribution in [0.2, 0.25) is 5.02 Å². The number of pyridine rings is 1. The number of halogens is 2. The fourth-order valence-corrected chi connectivity index (χ4v) is 5.61. The number of carbonyl (C=O) groups excluding carboxylic acids is 1. The first-order valence-corrected chi connectivity index (χ1v) is 12.2. The van der Waals surface area contributed by atoms with E-state index in [0.29, 0.717) is 49.5 Å². The van der Waals surface area contributed by atoms with E-state index in [1.54, 1.807) is 18.3 Å². The van der Waals surface area contributed by atoms with Gasteiger partial charge in [0, 0.05) is 40.8 Å². The summed E-state index contributed by atoms with van der Waals surface area (Å²) < 4.78 is 16.6. The molecule has 1 aromatic carbocycles. The van der Waals surface area contributed by atoms with Crippen molar-refractivity contribution >= 4 is 34.5 Å². The number of rotatable bonds is 5. The van der Waals surface area contributed by atoms with Crippen LogP contribution < -0.4 is 0 Å². The van der Waals surface area contributed by atoms with Crippen molar-refractivity contribution in [3.63, 3.8) is 0 Å². The number of amides is 1. The number of aliphatic carboxylic acids is 1. The van der Waals surface area contributed by atoms with Crippen LogP contribution in [-0.4, -0.2) is 38.0 Å². The average Bonchev–Trinajstić information content (AvgIpc) is 3.14. The molecule has 1 aliphatic carbocycles. The summed E-state index contributed by atoms with van der Waals surface area (Å²) in [5.41, 5.74) is 3.48. The minimum Gasteiger partial charge on any atom is -0.481 e. The molecule has 0 saturated heterocycles. The topological polar surface area (TPSA) is 75.4 Å². The standard InChI is InChI=1S/C26H27ClFN3O3/c27-19-8-7-18(22(28)13-19)14-31-23-15-30(11-9-20(23)21-2-1-10-29-25(21)31)24(32)12-16-3-5-17(6-4-16)26(33)34/h1-2,7-8,10,13,16-17H,3-6,9,11-12,14-15H2,(H,33,34)/t16-,17-. The van der Waals surface area contributed by atoms with E-state index >= 15 is 0 Å². The number of aromatic nitrogens is 2. The van der Waals surface area contributed by atoms with Gasteiger partial charge in [0.2, 0.25) is 5.91 Å². The number of carboxylic acids is 1. The first kappa shape index (κ1) is 22.8. The zero-order valence-electron chi connectivity index (χ0n) is 18.8. The van der Waals surface area contributed by atoms with Crippen LogP contribution in [0.4, 0.5) is 4.39 Å². The molecule has 0 unspecified atom stereocenters. The van der Waals surface area contributed by atoms with Crippen molar-refractivity contribution < 1.29 is 19.1 Å². The summed E-state index contributed by atoms with van der Waals surface area (Å²) in [4.78, 5) is 30.9. The fourth-order valence-electron chi connectivity index (χ4n) is 5.45. The van der Waals surface area contributed by atoms with E-state index in [-0.39, 0.29) is 23.6 Å². The Morgan fingerprint density at radius 1 is 1.18 bits per heavy atom. The largest absolute Gasteiger partial charge is 0.481 e. The fraction of sp³-hybridized carbons (Fsp3) is 0.423. The van der Waals surface area contributed by atoms with Gasteiger partial charge in [-0.2, -0.15) is 0 Å². The Hall–Kier alpha value is -2.93. The summed E-state index contributed by atoms with van der Waals surface area (Å²) in [5, 5.41) is 10.6. The van der Waals surface area contributed by atoms with Crippen molar-refractivity contribution in [3.05, 3.63) is 64.2 Å². The highest BCUT2D eigenvalue weighted by Gasteiger charge is 2.31. The van der Waals surface area contributed by atoms with Gasteiger partial charge in [0.05, 0.1) is 19.0 Å². The lowest BCUT2D eigenvalue weighted by Gasteiger charge is -2.31. The third-order valence-electron chi connectivity index (χ3n) is 7.37. The molecule has 34 heavy (non-hydrogen) atoms. The average molecular weight is 484 g/mol. The maximum absolute atomic E-state index is 14.6. The van der Waals surface area contributed by atoms with Crippen molar-refractivity contribution in [1.29, 1.82) is 0 Å². The quantitative estimate of drug-likeness (QED) is 0.551. The first-order valence-electron chi connectivity index (χ1n) is 11.8. The van der Waals surface area contributed by atoms with Crippen LogP contribution in [0.3, 0.4) is 0 Å². The number of carbonyl (C=O) groups is 2. The van der Waals surface area contributed by atoms with Gasteiger partial charge in [0.15, 0.2) is 0 Å². The molecule has 3 heterocycles. The number of nitrogens with zero attached hydrogens (tertiary/aromatic N) is 3. The maximum Gasteiger partial charge on any atom is 0.306 e. The molecule has 5 rings (SSSR count). The Bertz CT molecular complexity index is 1250. The smallest absolute Gasteiger partial charge is 0.306 e. The summed E-state index contributed by atoms with van der Waals surface area (Å²) in [5.74, 6) is -1.03. The van der Waals surface area contributed by atoms with Crippen LogP contribution in [-0.2, 0) is 29.1 Å². The van der Waals surface area contributed by atoms with E-state index in [4.69, 9.17) is 11.6 Å². The van der Waals surface area contributed by atoms with Crippen molar-refractivity contribution in [2.45, 2.75) is 51.6 Å². The van der Waals surface area contributed by atoms with E-state index in [1.165, 1.54) is 11.6 Å². The number of benzene rings is 1. The second-order valence-electron chi connectivity index (χ2n) is 9.45. The molecule has 0 bridgehead atoms. The first-order chi connectivity index (χ1) is 16.4. The van der Waals surface area contributed by atoms with Gasteiger partial charge in [-0.05, 0) is 67.9 Å². The van der Waals surface area contributed by atoms with E-state index in [0.717, 1.165) is 36.0 Å². The molecule has 0 spiro atoms. The molecule has 0 atom stereocenters. The Kier molecular flexibility index (Phi) is 6.30.